The van der Waals surface area contributed by atoms with Gasteiger partial charge in [0.15, 0.2) is 0 Å². The third-order valence-corrected chi connectivity index (χ3v) is 3.73. The fourth-order valence-corrected chi connectivity index (χ4v) is 2.82. The van der Waals surface area contributed by atoms with Crippen LogP contribution in [0.15, 0.2) is 48.5 Å². The monoisotopic (exact) mass is 299 g/mol. The molecule has 0 fully saturated rings. The van der Waals surface area contributed by atoms with Crippen LogP contribution >= 0.6 is 19.1 Å². The van der Waals surface area contributed by atoms with Crippen LogP contribution in [0.2, 0.25) is 5.02 Å². The van der Waals surface area contributed by atoms with Crippen molar-refractivity contribution in [3.05, 3.63) is 59.4 Å². The highest BCUT2D eigenvalue weighted by atomic mass is 35.5. The minimum absolute atomic E-state index is 0.403. The Morgan fingerprint density at radius 3 is 2.53 bits per heavy atom. The van der Waals surface area contributed by atoms with Crippen LogP contribution in [0.5, 0.6) is 5.75 Å². The van der Waals surface area contributed by atoms with Gasteiger partial charge >= 0.3 is 7.52 Å². The van der Waals surface area contributed by atoms with Crippen molar-refractivity contribution >= 4 is 24.8 Å². The maximum absolute atomic E-state index is 13.0. The molecule has 0 saturated heterocycles. The highest BCUT2D eigenvalue weighted by Gasteiger charge is 2.17. The molecule has 2 rings (SSSR count). The van der Waals surface area contributed by atoms with E-state index in [1.165, 1.54) is 24.9 Å². The van der Waals surface area contributed by atoms with Gasteiger partial charge in [-0.1, -0.05) is 17.7 Å². The zero-order chi connectivity index (χ0) is 13.9. The molecule has 0 unspecified atom stereocenters. The summed E-state index contributed by atoms with van der Waals surface area (Å²) in [7, 11) is -3.13. The van der Waals surface area contributed by atoms with E-state index in [0.717, 1.165) is 0 Å². The van der Waals surface area contributed by atoms with E-state index < -0.39 is 13.3 Å². The molecule has 1 N–H and O–H groups in total. The summed E-state index contributed by atoms with van der Waals surface area (Å²) >= 11 is 5.75. The molecule has 1 atom stereocenters. The van der Waals surface area contributed by atoms with Gasteiger partial charge in [-0.3, -0.25) is 4.57 Å². The summed E-state index contributed by atoms with van der Waals surface area (Å²) in [5.41, 5.74) is 0.403. The Morgan fingerprint density at radius 2 is 1.89 bits per heavy atom. The number of hydrogen-bond donors (Lipinski definition) is 1. The third-order valence-electron chi connectivity index (χ3n) is 2.25. The van der Waals surface area contributed by atoms with E-state index in [2.05, 4.69) is 5.09 Å². The Bertz CT molecular complexity index is 618. The van der Waals surface area contributed by atoms with Gasteiger partial charge in [0.25, 0.3) is 0 Å². The Labute approximate surface area is 115 Å². The van der Waals surface area contributed by atoms with E-state index in [9.17, 15) is 8.96 Å². The molecule has 19 heavy (non-hydrogen) atoms. The van der Waals surface area contributed by atoms with E-state index in [4.69, 9.17) is 16.1 Å². The molecule has 3 nitrogen and oxygen atoms in total. The van der Waals surface area contributed by atoms with E-state index in [1.807, 2.05) is 0 Å². The largest absolute Gasteiger partial charge is 0.429 e. The van der Waals surface area contributed by atoms with Gasteiger partial charge in [0.1, 0.15) is 11.6 Å². The highest BCUT2D eigenvalue weighted by molar-refractivity contribution is 7.60. The number of anilines is 1. The van der Waals surface area contributed by atoms with Crippen molar-refractivity contribution in [3.8, 4) is 5.75 Å². The molecule has 0 heterocycles. The average molecular weight is 300 g/mol. The summed E-state index contributed by atoms with van der Waals surface area (Å²) in [5, 5.41) is 3.25. The second kappa shape index (κ2) is 5.64. The number of benzene rings is 2. The van der Waals surface area contributed by atoms with E-state index in [1.54, 1.807) is 30.3 Å². The van der Waals surface area contributed by atoms with E-state index in [0.29, 0.717) is 16.5 Å². The molecule has 0 saturated carbocycles. The average Bonchev–Trinajstić information content (AvgIpc) is 2.31. The van der Waals surface area contributed by atoms with Crippen molar-refractivity contribution in [2.45, 2.75) is 0 Å². The second-order valence-electron chi connectivity index (χ2n) is 4.01. The minimum atomic E-state index is -3.13. The molecule has 0 aromatic heterocycles. The summed E-state index contributed by atoms with van der Waals surface area (Å²) in [5.74, 6) is 0.0237. The zero-order valence-electron chi connectivity index (χ0n) is 10.1. The lowest BCUT2D eigenvalue weighted by atomic mass is 10.3. The van der Waals surface area contributed by atoms with Crippen LogP contribution in [0, 0.1) is 5.82 Å². The molecule has 2 aromatic rings. The van der Waals surface area contributed by atoms with Crippen LogP contribution in [0.3, 0.4) is 0 Å². The van der Waals surface area contributed by atoms with E-state index >= 15 is 0 Å². The van der Waals surface area contributed by atoms with Gasteiger partial charge in [0.2, 0.25) is 0 Å². The van der Waals surface area contributed by atoms with Crippen molar-refractivity contribution in [2.24, 2.45) is 0 Å². The van der Waals surface area contributed by atoms with Crippen LogP contribution in [0.4, 0.5) is 10.1 Å². The van der Waals surface area contributed by atoms with Crippen molar-refractivity contribution < 1.29 is 13.5 Å². The number of hydrogen-bond acceptors (Lipinski definition) is 2. The van der Waals surface area contributed by atoms with Gasteiger partial charge in [-0.15, -0.1) is 0 Å². The van der Waals surface area contributed by atoms with Gasteiger partial charge in [-0.05, 0) is 42.5 Å². The Hall–Kier alpha value is -1.51. The zero-order valence-corrected chi connectivity index (χ0v) is 11.8. The lowest BCUT2D eigenvalue weighted by molar-refractivity contribution is 0.493. The SMILES string of the molecule is C[P@@](=O)(Nc1cccc(F)c1)Oc1ccc(Cl)cc1. The standard InChI is InChI=1S/C13H12ClFNO2P/c1-19(17,16-12-4-2-3-11(15)9-12)18-13-7-5-10(14)6-8-13/h2-9H,1H3,(H,16,17)/t19-/m0/s1. The fraction of sp³-hybridized carbons (Fsp3) is 0.0769. The maximum atomic E-state index is 13.0. The van der Waals surface area contributed by atoms with Gasteiger partial charge in [0.05, 0.1) is 0 Å². The first kappa shape index (κ1) is 13.9. The predicted molar refractivity (Wildman–Crippen MR) is 75.6 cm³/mol. The molecule has 0 spiro atoms. The number of nitrogens with one attached hydrogen (secondary N) is 1. The van der Waals surface area contributed by atoms with Crippen LogP contribution < -0.4 is 9.61 Å². The van der Waals surface area contributed by atoms with Crippen molar-refractivity contribution in [2.75, 3.05) is 11.8 Å². The molecule has 0 amide bonds. The predicted octanol–water partition coefficient (Wildman–Crippen LogP) is 4.79. The normalized spacial score (nSPS) is 13.6. The molecule has 0 bridgehead atoms. The van der Waals surface area contributed by atoms with Crippen molar-refractivity contribution in [1.29, 1.82) is 0 Å². The Balaban J connectivity index is 2.10. The quantitative estimate of drug-likeness (QED) is 0.825. The summed E-state index contributed by atoms with van der Waals surface area (Å²) in [4.78, 5) is 0. The summed E-state index contributed by atoms with van der Waals surface area (Å²) < 4.78 is 30.7. The number of rotatable bonds is 4. The molecule has 0 aliphatic carbocycles. The first-order valence-corrected chi connectivity index (χ1v) is 7.96. The second-order valence-corrected chi connectivity index (χ2v) is 6.55. The Morgan fingerprint density at radius 1 is 1.21 bits per heavy atom. The maximum Gasteiger partial charge on any atom is 0.338 e. The Kier molecular flexibility index (Phi) is 4.13. The van der Waals surface area contributed by atoms with E-state index in [-0.39, 0.29) is 0 Å². The number of halogens is 2. The van der Waals surface area contributed by atoms with Crippen molar-refractivity contribution in [3.63, 3.8) is 0 Å². The van der Waals surface area contributed by atoms with Gasteiger partial charge in [-0.25, -0.2) is 4.39 Å². The van der Waals surface area contributed by atoms with Crippen LogP contribution in [-0.4, -0.2) is 6.66 Å². The molecule has 2 aromatic carbocycles. The summed E-state index contributed by atoms with van der Waals surface area (Å²) in [6.07, 6.45) is 0. The first-order valence-electron chi connectivity index (χ1n) is 5.51. The molecule has 0 aliphatic heterocycles. The lowest BCUT2D eigenvalue weighted by Crippen LogP contribution is -2.02. The highest BCUT2D eigenvalue weighted by Crippen LogP contribution is 2.43. The first-order chi connectivity index (χ1) is 8.94. The topological polar surface area (TPSA) is 38.3 Å². The lowest BCUT2D eigenvalue weighted by Gasteiger charge is -2.17. The molecular weight excluding hydrogens is 288 g/mol. The summed E-state index contributed by atoms with van der Waals surface area (Å²) in [6.45, 7) is 1.42. The smallest absolute Gasteiger partial charge is 0.338 e. The van der Waals surface area contributed by atoms with Crippen LogP contribution in [-0.2, 0) is 4.57 Å². The fourth-order valence-electron chi connectivity index (χ4n) is 1.51. The van der Waals surface area contributed by atoms with Crippen LogP contribution in [0.1, 0.15) is 0 Å². The molecular formula is C13H12ClFNO2P. The van der Waals surface area contributed by atoms with Crippen molar-refractivity contribution in [1.82, 2.24) is 0 Å². The van der Waals surface area contributed by atoms with Gasteiger partial charge < -0.3 is 9.61 Å². The summed E-state index contributed by atoms with van der Waals surface area (Å²) in [6, 6.07) is 12.2. The van der Waals surface area contributed by atoms with Gasteiger partial charge in [0, 0.05) is 17.4 Å². The molecule has 100 valence electrons. The molecule has 0 radical (unpaired) electrons. The minimum Gasteiger partial charge on any atom is -0.429 e. The molecule has 6 heteroatoms. The van der Waals surface area contributed by atoms with Gasteiger partial charge in [-0.2, -0.15) is 0 Å². The van der Waals surface area contributed by atoms with Crippen LogP contribution in [0.25, 0.3) is 0 Å². The molecule has 0 aliphatic rings. The third kappa shape index (κ3) is 4.27.